The number of unbranched alkanes of at least 4 members (excludes halogenated alkanes) is 17. The zero-order valence-corrected chi connectivity index (χ0v) is 31.1. The van der Waals surface area contributed by atoms with Gasteiger partial charge in [0.1, 0.15) is 30.5 Å². The van der Waals surface area contributed by atoms with Crippen molar-refractivity contribution >= 4 is 16.4 Å². The zero-order valence-electron chi connectivity index (χ0n) is 30.3. The summed E-state index contributed by atoms with van der Waals surface area (Å²) >= 11 is 0. The molecule has 0 aromatic heterocycles. The fourth-order valence-electron chi connectivity index (χ4n) is 5.72. The molecule has 6 atom stereocenters. The number of carbonyl (C=O) groups is 1. The number of hydrogen-bond acceptors (Lipinski definition) is 11. The molecule has 0 aliphatic carbocycles. The van der Waals surface area contributed by atoms with E-state index in [-0.39, 0.29) is 19.6 Å². The Kier molecular flexibility index (Phi) is 27.5. The smallest absolute Gasteiger partial charge is 0.397 e. The van der Waals surface area contributed by atoms with Crippen LogP contribution in [0.5, 0.6) is 0 Å². The van der Waals surface area contributed by atoms with Crippen LogP contribution in [0.3, 0.4) is 0 Å². The number of aliphatic hydroxyl groups excluding tert-OH is 3. The molecule has 1 saturated heterocycles. The molecule has 290 valence electrons. The molecule has 1 rings (SSSR count). The quantitative estimate of drug-likeness (QED) is 0.0262. The van der Waals surface area contributed by atoms with Crippen molar-refractivity contribution in [1.29, 1.82) is 0 Å². The van der Waals surface area contributed by atoms with Crippen molar-refractivity contribution < 1.29 is 56.2 Å². The summed E-state index contributed by atoms with van der Waals surface area (Å²) in [6.45, 7) is 3.92. The number of hydrogen-bond donors (Lipinski definition) is 4. The van der Waals surface area contributed by atoms with Crippen LogP contribution in [0, 0.1) is 0 Å². The number of carbonyl (C=O) groups excluding carboxylic acids is 1. The van der Waals surface area contributed by atoms with E-state index in [2.05, 4.69) is 30.2 Å². The third-order valence-electron chi connectivity index (χ3n) is 8.64. The predicted molar refractivity (Wildman–Crippen MR) is 188 cm³/mol. The minimum atomic E-state index is -5.05. The topological polar surface area (TPSA) is 178 Å². The Hall–Kier alpha value is -1.16. The van der Waals surface area contributed by atoms with Crippen LogP contribution in [0.25, 0.3) is 0 Å². The molecule has 6 unspecified atom stereocenters. The molecule has 0 spiro atoms. The van der Waals surface area contributed by atoms with E-state index < -0.39 is 59.8 Å². The van der Waals surface area contributed by atoms with Gasteiger partial charge in [-0.05, 0) is 38.5 Å². The van der Waals surface area contributed by atoms with Crippen LogP contribution in [0.4, 0.5) is 0 Å². The van der Waals surface area contributed by atoms with Gasteiger partial charge in [0.05, 0.1) is 19.8 Å². The van der Waals surface area contributed by atoms with E-state index in [1.807, 2.05) is 0 Å². The number of rotatable bonds is 32. The van der Waals surface area contributed by atoms with Crippen LogP contribution >= 0.6 is 0 Å². The summed E-state index contributed by atoms with van der Waals surface area (Å²) in [5.41, 5.74) is 0. The second-order valence-corrected chi connectivity index (χ2v) is 14.2. The molecule has 0 saturated carbocycles. The summed E-state index contributed by atoms with van der Waals surface area (Å²) < 4.78 is 58.6. The largest absolute Gasteiger partial charge is 0.457 e. The van der Waals surface area contributed by atoms with Gasteiger partial charge < -0.3 is 34.3 Å². The third kappa shape index (κ3) is 23.8. The summed E-state index contributed by atoms with van der Waals surface area (Å²) in [4.78, 5) is 12.7. The van der Waals surface area contributed by atoms with E-state index in [1.54, 1.807) is 0 Å². The van der Waals surface area contributed by atoms with Gasteiger partial charge in [-0.25, -0.2) is 4.18 Å². The first-order valence-corrected chi connectivity index (χ1v) is 20.3. The van der Waals surface area contributed by atoms with Gasteiger partial charge in [-0.2, -0.15) is 8.42 Å². The molecule has 0 bridgehead atoms. The Bertz CT molecular complexity index is 931. The van der Waals surface area contributed by atoms with Crippen LogP contribution in [0.1, 0.15) is 149 Å². The standard InChI is InChI=1S/C36H68O12S/c1-3-5-7-9-11-13-15-16-17-19-21-23-25-32(38)46-30(28-44-26-24-22-20-18-14-12-10-8-6-4-2)29-45-36-34(40)35(48-49(41,42)43)33(39)31(27-37)47-36/h11,13,30-31,33-37,39-40H,3-10,12,14-29H2,1-2H3,(H,41,42,43)/b13-11-. The van der Waals surface area contributed by atoms with Gasteiger partial charge in [0, 0.05) is 13.0 Å². The van der Waals surface area contributed by atoms with E-state index in [0.717, 1.165) is 57.8 Å². The molecule has 1 fully saturated rings. The minimum Gasteiger partial charge on any atom is -0.457 e. The van der Waals surface area contributed by atoms with Gasteiger partial charge in [-0.15, -0.1) is 0 Å². The highest BCUT2D eigenvalue weighted by molar-refractivity contribution is 7.80. The van der Waals surface area contributed by atoms with Crippen LogP contribution < -0.4 is 0 Å². The molecule has 1 aliphatic heterocycles. The van der Waals surface area contributed by atoms with Crippen LogP contribution in [-0.4, -0.2) is 97.5 Å². The first kappa shape index (κ1) is 45.9. The fourth-order valence-corrected chi connectivity index (χ4v) is 6.23. The molecule has 0 amide bonds. The van der Waals surface area contributed by atoms with Crippen LogP contribution in [-0.2, 0) is 38.3 Å². The van der Waals surface area contributed by atoms with Crippen molar-refractivity contribution in [3.63, 3.8) is 0 Å². The van der Waals surface area contributed by atoms with E-state index in [4.69, 9.17) is 23.5 Å². The Morgan fingerprint density at radius 1 is 0.755 bits per heavy atom. The van der Waals surface area contributed by atoms with Gasteiger partial charge in [0.25, 0.3) is 0 Å². The molecule has 12 nitrogen and oxygen atoms in total. The maximum atomic E-state index is 12.7. The van der Waals surface area contributed by atoms with Crippen molar-refractivity contribution in [3.05, 3.63) is 12.2 Å². The summed E-state index contributed by atoms with van der Waals surface area (Å²) in [6, 6.07) is 0. The fraction of sp³-hybridized carbons (Fsp3) is 0.917. The molecule has 0 aromatic carbocycles. The average Bonchev–Trinajstić information content (AvgIpc) is 3.06. The maximum Gasteiger partial charge on any atom is 0.397 e. The third-order valence-corrected chi connectivity index (χ3v) is 9.10. The van der Waals surface area contributed by atoms with Crippen molar-refractivity contribution in [3.8, 4) is 0 Å². The number of allylic oxidation sites excluding steroid dienone is 2. The molecule has 1 heterocycles. The van der Waals surface area contributed by atoms with Crippen molar-refractivity contribution in [1.82, 2.24) is 0 Å². The highest BCUT2D eigenvalue weighted by atomic mass is 32.3. The highest BCUT2D eigenvalue weighted by Crippen LogP contribution is 2.26. The molecule has 13 heteroatoms. The molecule has 0 radical (unpaired) electrons. The average molecular weight is 725 g/mol. The van der Waals surface area contributed by atoms with Crippen molar-refractivity contribution in [2.45, 2.75) is 185 Å². The van der Waals surface area contributed by atoms with Crippen molar-refractivity contribution in [2.24, 2.45) is 0 Å². The normalized spacial score (nSPS) is 22.1. The highest BCUT2D eigenvalue weighted by Gasteiger charge is 2.48. The molecule has 49 heavy (non-hydrogen) atoms. The summed E-state index contributed by atoms with van der Waals surface area (Å²) in [6.07, 6.45) is 18.3. The Balaban J connectivity index is 2.53. The van der Waals surface area contributed by atoms with E-state index in [0.29, 0.717) is 13.0 Å². The SMILES string of the molecule is CCCCC/C=C\CCCCCCCC(=O)OC(COCCCCCCCCCCCC)COC1OC(CO)C(O)C(OS(=O)(=O)O)C1O. The van der Waals surface area contributed by atoms with Crippen LogP contribution in [0.2, 0.25) is 0 Å². The number of aliphatic hydroxyl groups is 3. The molecular weight excluding hydrogens is 656 g/mol. The van der Waals surface area contributed by atoms with Gasteiger partial charge >= 0.3 is 16.4 Å². The zero-order chi connectivity index (χ0) is 36.2. The Labute approximate surface area is 296 Å². The molecule has 0 aromatic rings. The van der Waals surface area contributed by atoms with E-state index in [1.165, 1.54) is 64.2 Å². The van der Waals surface area contributed by atoms with E-state index in [9.17, 15) is 28.5 Å². The second-order valence-electron chi connectivity index (χ2n) is 13.2. The van der Waals surface area contributed by atoms with E-state index >= 15 is 0 Å². The van der Waals surface area contributed by atoms with Gasteiger partial charge in [0.2, 0.25) is 0 Å². The first-order valence-electron chi connectivity index (χ1n) is 18.9. The van der Waals surface area contributed by atoms with Gasteiger partial charge in [0.15, 0.2) is 6.29 Å². The molecule has 4 N–H and O–H groups in total. The monoisotopic (exact) mass is 724 g/mol. The molecule has 1 aliphatic rings. The van der Waals surface area contributed by atoms with Crippen LogP contribution in [0.15, 0.2) is 12.2 Å². The lowest BCUT2D eigenvalue weighted by atomic mass is 9.99. The van der Waals surface area contributed by atoms with Crippen molar-refractivity contribution in [2.75, 3.05) is 26.4 Å². The lowest BCUT2D eigenvalue weighted by Gasteiger charge is -2.41. The summed E-state index contributed by atoms with van der Waals surface area (Å²) in [5, 5.41) is 30.5. The lowest BCUT2D eigenvalue weighted by Crippen LogP contribution is -2.60. The minimum absolute atomic E-state index is 0.0367. The number of ether oxygens (including phenoxy) is 4. The van der Waals surface area contributed by atoms with Gasteiger partial charge in [-0.1, -0.05) is 116 Å². The Morgan fingerprint density at radius 3 is 1.88 bits per heavy atom. The number of esters is 1. The lowest BCUT2D eigenvalue weighted by molar-refractivity contribution is -0.301. The predicted octanol–water partition coefficient (Wildman–Crippen LogP) is 6.35. The second kappa shape index (κ2) is 29.4. The Morgan fingerprint density at radius 2 is 1.29 bits per heavy atom. The maximum absolute atomic E-state index is 12.7. The first-order chi connectivity index (χ1) is 23.6. The molecular formula is C36H68O12S. The summed E-state index contributed by atoms with van der Waals surface area (Å²) in [7, 11) is -5.05. The summed E-state index contributed by atoms with van der Waals surface area (Å²) in [5.74, 6) is -0.410. The van der Waals surface area contributed by atoms with Gasteiger partial charge in [-0.3, -0.25) is 9.35 Å².